The van der Waals surface area contributed by atoms with Gasteiger partial charge in [0.2, 0.25) is 11.9 Å². The van der Waals surface area contributed by atoms with Crippen LogP contribution in [0.1, 0.15) is 37.3 Å². The first-order valence-electron chi connectivity index (χ1n) is 12.1. The molecule has 0 spiro atoms. The van der Waals surface area contributed by atoms with Crippen molar-refractivity contribution >= 4 is 34.5 Å². The maximum Gasteiger partial charge on any atom is 0.307 e. The summed E-state index contributed by atoms with van der Waals surface area (Å²) in [5.41, 5.74) is 3.22. The van der Waals surface area contributed by atoms with E-state index in [1.165, 1.54) is 11.1 Å². The minimum atomic E-state index is -0.300. The summed E-state index contributed by atoms with van der Waals surface area (Å²) >= 11 is 0. The Morgan fingerprint density at radius 2 is 2.06 bits per heavy atom. The van der Waals surface area contributed by atoms with Crippen molar-refractivity contribution in [1.29, 1.82) is 0 Å². The smallest absolute Gasteiger partial charge is 0.307 e. The zero-order chi connectivity index (χ0) is 24.6. The van der Waals surface area contributed by atoms with Crippen LogP contribution in [0.2, 0.25) is 0 Å². The third-order valence-electron chi connectivity index (χ3n) is 6.21. The van der Waals surface area contributed by atoms with Crippen molar-refractivity contribution in [3.63, 3.8) is 0 Å². The fourth-order valence-electron chi connectivity index (χ4n) is 4.31. The van der Waals surface area contributed by atoms with Crippen molar-refractivity contribution < 1.29 is 14.3 Å². The van der Waals surface area contributed by atoms with E-state index in [2.05, 4.69) is 49.5 Å². The van der Waals surface area contributed by atoms with Gasteiger partial charge in [0.25, 0.3) is 0 Å². The molecule has 1 aromatic carbocycles. The maximum atomic E-state index is 12.7. The number of piperidine rings is 1. The summed E-state index contributed by atoms with van der Waals surface area (Å²) in [6, 6.07) is 10.1. The zero-order valence-electron chi connectivity index (χ0n) is 20.3. The highest BCUT2D eigenvalue weighted by Gasteiger charge is 2.27. The van der Waals surface area contributed by atoms with Crippen molar-refractivity contribution in [2.75, 3.05) is 36.5 Å². The van der Waals surface area contributed by atoms with Gasteiger partial charge in [-0.15, -0.1) is 0 Å². The number of carbonyl (C=O) groups is 2. The van der Waals surface area contributed by atoms with Gasteiger partial charge in [-0.3, -0.25) is 9.59 Å². The molecule has 0 saturated carbocycles. The molecule has 0 bridgehead atoms. The fourth-order valence-corrected chi connectivity index (χ4v) is 4.31. The first-order chi connectivity index (χ1) is 17.0. The van der Waals surface area contributed by atoms with E-state index in [-0.39, 0.29) is 30.8 Å². The molecule has 2 aromatic heterocycles. The van der Waals surface area contributed by atoms with Crippen molar-refractivity contribution in [3.8, 4) is 0 Å². The van der Waals surface area contributed by atoms with E-state index in [1.54, 1.807) is 19.3 Å². The molecule has 1 atom stereocenters. The van der Waals surface area contributed by atoms with E-state index in [0.717, 1.165) is 36.1 Å². The summed E-state index contributed by atoms with van der Waals surface area (Å²) < 4.78 is 4.91. The number of aromatic nitrogens is 3. The second kappa shape index (κ2) is 11.6. The number of carbonyl (C=O) groups excluding carboxylic acids is 2. The lowest BCUT2D eigenvalue weighted by molar-refractivity contribution is -0.143. The van der Waals surface area contributed by atoms with Gasteiger partial charge < -0.3 is 20.3 Å². The normalized spacial score (nSPS) is 15.6. The quantitative estimate of drug-likeness (QED) is 0.453. The number of fused-ring (bicyclic) bond motifs is 1. The Morgan fingerprint density at radius 1 is 1.20 bits per heavy atom. The van der Waals surface area contributed by atoms with Crippen molar-refractivity contribution in [3.05, 3.63) is 53.9 Å². The fraction of sp³-hybridized carbons (Fsp3) is 0.423. The molecule has 1 aliphatic heterocycles. The Labute approximate surface area is 205 Å². The summed E-state index contributed by atoms with van der Waals surface area (Å²) in [6.07, 6.45) is 5.41. The van der Waals surface area contributed by atoms with Gasteiger partial charge in [0, 0.05) is 38.6 Å². The van der Waals surface area contributed by atoms with Crippen LogP contribution in [0.3, 0.4) is 0 Å². The van der Waals surface area contributed by atoms with Gasteiger partial charge in [-0.1, -0.05) is 24.3 Å². The first kappa shape index (κ1) is 24.4. The standard InChI is InChI=1S/C26H32N6O3/c1-3-35-23(33)11-13-28-25(34)20-9-6-14-32(17-20)24-21-16-30-26(31-22(21)10-12-27-24)29-15-19-8-5-4-7-18(19)2/h4-5,7-8,10,12,16,20H,3,6,9,11,13-15,17H2,1-2H3,(H,28,34)(H,29,30,31). The van der Waals surface area contributed by atoms with E-state index >= 15 is 0 Å². The van der Waals surface area contributed by atoms with Crippen LogP contribution in [-0.4, -0.2) is 53.1 Å². The molecular formula is C26H32N6O3. The van der Waals surface area contributed by atoms with Gasteiger partial charge >= 0.3 is 5.97 Å². The highest BCUT2D eigenvalue weighted by Crippen LogP contribution is 2.28. The van der Waals surface area contributed by atoms with Gasteiger partial charge in [-0.2, -0.15) is 0 Å². The third kappa shape index (κ3) is 6.23. The van der Waals surface area contributed by atoms with E-state index in [0.29, 0.717) is 25.6 Å². The zero-order valence-corrected chi connectivity index (χ0v) is 20.3. The number of rotatable bonds is 9. The highest BCUT2D eigenvalue weighted by atomic mass is 16.5. The molecule has 1 aliphatic rings. The Bertz CT molecular complexity index is 1180. The number of pyridine rings is 1. The first-order valence-corrected chi connectivity index (χ1v) is 12.1. The lowest BCUT2D eigenvalue weighted by atomic mass is 9.97. The summed E-state index contributed by atoms with van der Waals surface area (Å²) in [7, 11) is 0. The molecule has 9 heteroatoms. The molecule has 4 rings (SSSR count). The molecule has 2 N–H and O–H groups in total. The van der Waals surface area contributed by atoms with E-state index < -0.39 is 0 Å². The number of aryl methyl sites for hydroxylation is 1. The number of hydrogen-bond donors (Lipinski definition) is 2. The minimum Gasteiger partial charge on any atom is -0.466 e. The molecule has 1 amide bonds. The Hall–Kier alpha value is -3.75. The molecule has 3 heterocycles. The van der Waals surface area contributed by atoms with Gasteiger partial charge in [-0.05, 0) is 43.9 Å². The van der Waals surface area contributed by atoms with Gasteiger partial charge in [-0.25, -0.2) is 15.0 Å². The predicted octanol–water partition coefficient (Wildman–Crippen LogP) is 3.23. The molecule has 35 heavy (non-hydrogen) atoms. The van der Waals surface area contributed by atoms with E-state index in [1.807, 2.05) is 18.2 Å². The van der Waals surface area contributed by atoms with Crippen molar-refractivity contribution in [2.24, 2.45) is 5.92 Å². The summed E-state index contributed by atoms with van der Waals surface area (Å²) in [4.78, 5) is 40.1. The van der Waals surface area contributed by atoms with Crippen molar-refractivity contribution in [2.45, 2.75) is 39.7 Å². The number of nitrogens with zero attached hydrogens (tertiary/aromatic N) is 4. The third-order valence-corrected chi connectivity index (χ3v) is 6.21. The number of anilines is 2. The van der Waals surface area contributed by atoms with Crippen LogP contribution in [0.15, 0.2) is 42.7 Å². The molecular weight excluding hydrogens is 444 g/mol. The molecule has 184 valence electrons. The number of amides is 1. The number of esters is 1. The molecule has 1 saturated heterocycles. The average molecular weight is 477 g/mol. The van der Waals surface area contributed by atoms with Crippen LogP contribution >= 0.6 is 0 Å². The molecule has 3 aromatic rings. The summed E-state index contributed by atoms with van der Waals surface area (Å²) in [5, 5.41) is 7.04. The van der Waals surface area contributed by atoms with Crippen LogP contribution in [0.4, 0.5) is 11.8 Å². The summed E-state index contributed by atoms with van der Waals surface area (Å²) in [6.45, 7) is 6.50. The van der Waals surface area contributed by atoms with Gasteiger partial charge in [0.05, 0.1) is 29.8 Å². The Morgan fingerprint density at radius 3 is 2.89 bits per heavy atom. The molecule has 9 nitrogen and oxygen atoms in total. The second-order valence-electron chi connectivity index (χ2n) is 8.67. The van der Waals surface area contributed by atoms with E-state index in [4.69, 9.17) is 4.74 Å². The van der Waals surface area contributed by atoms with Crippen LogP contribution in [0.25, 0.3) is 10.9 Å². The monoisotopic (exact) mass is 476 g/mol. The molecule has 0 aliphatic carbocycles. The van der Waals surface area contributed by atoms with Crippen LogP contribution < -0.4 is 15.5 Å². The van der Waals surface area contributed by atoms with Gasteiger partial charge in [0.1, 0.15) is 5.82 Å². The van der Waals surface area contributed by atoms with Crippen LogP contribution in [0.5, 0.6) is 0 Å². The predicted molar refractivity (Wildman–Crippen MR) is 135 cm³/mol. The molecule has 0 radical (unpaired) electrons. The Balaban J connectivity index is 1.41. The largest absolute Gasteiger partial charge is 0.466 e. The number of nitrogens with one attached hydrogen (secondary N) is 2. The lowest BCUT2D eigenvalue weighted by Crippen LogP contribution is -2.43. The molecule has 1 unspecified atom stereocenters. The SMILES string of the molecule is CCOC(=O)CCNC(=O)C1CCCN(c2nccc3nc(NCc4ccccc4C)ncc23)C1. The minimum absolute atomic E-state index is 0.0434. The van der Waals surface area contributed by atoms with Crippen molar-refractivity contribution in [1.82, 2.24) is 20.3 Å². The highest BCUT2D eigenvalue weighted by molar-refractivity contribution is 5.90. The Kier molecular flexibility index (Phi) is 8.07. The second-order valence-corrected chi connectivity index (χ2v) is 8.67. The van der Waals surface area contributed by atoms with Gasteiger partial charge in [0.15, 0.2) is 0 Å². The number of benzene rings is 1. The maximum absolute atomic E-state index is 12.7. The number of hydrogen-bond acceptors (Lipinski definition) is 8. The topological polar surface area (TPSA) is 109 Å². The molecule has 1 fully saturated rings. The lowest BCUT2D eigenvalue weighted by Gasteiger charge is -2.33. The summed E-state index contributed by atoms with van der Waals surface area (Å²) in [5.74, 6) is 0.843. The van der Waals surface area contributed by atoms with Crippen LogP contribution in [0, 0.1) is 12.8 Å². The van der Waals surface area contributed by atoms with Crippen LogP contribution in [-0.2, 0) is 20.9 Å². The van der Waals surface area contributed by atoms with E-state index in [9.17, 15) is 9.59 Å². The average Bonchev–Trinajstić information content (AvgIpc) is 2.88. The number of ether oxygens (including phenoxy) is 1.